The molecule has 0 aromatic carbocycles. The number of methoxy groups -OCH3 is 1. The minimum absolute atomic E-state index is 0. The number of aliphatic carboxylic acids is 1. The Labute approximate surface area is 232 Å². The first-order valence-corrected chi connectivity index (χ1v) is 12.0. The molecule has 1 aromatic rings. The van der Waals surface area contributed by atoms with Gasteiger partial charge in [-0.05, 0) is 49.5 Å². The van der Waals surface area contributed by atoms with Crippen molar-refractivity contribution in [3.05, 3.63) is 47.5 Å². The second-order valence-electron chi connectivity index (χ2n) is 11.1. The van der Waals surface area contributed by atoms with Gasteiger partial charge < -0.3 is 24.1 Å². The summed E-state index contributed by atoms with van der Waals surface area (Å²) in [6.07, 6.45) is 4.23. The van der Waals surface area contributed by atoms with Crippen LogP contribution in [-0.2, 0) is 23.9 Å². The number of ketones is 1. The summed E-state index contributed by atoms with van der Waals surface area (Å²) in [5.41, 5.74) is -0.549. The Hall–Kier alpha value is -1.71. The number of esters is 1. The summed E-state index contributed by atoms with van der Waals surface area (Å²) in [7, 11) is 1.27. The summed E-state index contributed by atoms with van der Waals surface area (Å²) in [5, 5.41) is 21.8. The van der Waals surface area contributed by atoms with Gasteiger partial charge in [0.05, 0.1) is 49.8 Å². The van der Waals surface area contributed by atoms with E-state index >= 15 is 0 Å². The molecule has 8 nitrogen and oxygen atoms in total. The molecule has 36 heavy (non-hydrogen) atoms. The third-order valence-electron chi connectivity index (χ3n) is 9.65. The molecule has 0 spiro atoms. The molecule has 0 bridgehead atoms. The summed E-state index contributed by atoms with van der Waals surface area (Å²) >= 11 is 0. The SMILES string of the molecule is COC(=O)C1(C)C=CC(=O)C2(C)C1C(O)C1OC3CC(c4ccoc4)C(C)=C3C1(C)C2CC(=O)O.[Na+]. The van der Waals surface area contributed by atoms with E-state index < -0.39 is 52.2 Å². The largest absolute Gasteiger partial charge is 1.00 e. The first-order chi connectivity index (χ1) is 16.4. The Morgan fingerprint density at radius 3 is 2.50 bits per heavy atom. The van der Waals surface area contributed by atoms with E-state index in [1.807, 2.05) is 19.9 Å². The van der Waals surface area contributed by atoms with E-state index in [9.17, 15) is 24.6 Å². The van der Waals surface area contributed by atoms with Crippen molar-refractivity contribution in [1.82, 2.24) is 0 Å². The maximum Gasteiger partial charge on any atom is 1.00 e. The van der Waals surface area contributed by atoms with Crippen LogP contribution in [-0.4, -0.2) is 53.4 Å². The fraction of sp³-hybridized carbons (Fsp3) is 0.593. The molecule has 2 fully saturated rings. The molecular formula is C27H32NaO8+. The second kappa shape index (κ2) is 8.95. The number of carboxylic acid groups (broad SMARTS) is 1. The smallest absolute Gasteiger partial charge is 0.481 e. The zero-order valence-electron chi connectivity index (χ0n) is 21.6. The fourth-order valence-corrected chi connectivity index (χ4v) is 8.22. The van der Waals surface area contributed by atoms with Crippen LogP contribution >= 0.6 is 0 Å². The zero-order valence-corrected chi connectivity index (χ0v) is 23.6. The summed E-state index contributed by atoms with van der Waals surface area (Å²) in [5.74, 6) is -3.50. The van der Waals surface area contributed by atoms with Crippen molar-refractivity contribution >= 4 is 17.7 Å². The van der Waals surface area contributed by atoms with Gasteiger partial charge in [0, 0.05) is 22.7 Å². The first kappa shape index (κ1) is 27.3. The predicted molar refractivity (Wildman–Crippen MR) is 123 cm³/mol. The van der Waals surface area contributed by atoms with Gasteiger partial charge in [0.2, 0.25) is 0 Å². The van der Waals surface area contributed by atoms with E-state index in [1.54, 1.807) is 26.4 Å². The second-order valence-corrected chi connectivity index (χ2v) is 11.1. The Bertz CT molecular complexity index is 1150. The number of furan rings is 1. The average molecular weight is 508 g/mol. The standard InChI is InChI=1S/C27H32O8.Na/c1-13-15(14-7-9-34-12-14)10-16-20(13)27(4)17(11-19(29)30)26(3)18(28)6-8-25(2,24(32)33-5)22(26)21(31)23(27)35-16;/h6-9,12,15-17,21-23,31H,10-11H2,1-5H3,(H,29,30);/q;+1. The van der Waals surface area contributed by atoms with Gasteiger partial charge >= 0.3 is 41.5 Å². The third-order valence-corrected chi connectivity index (χ3v) is 9.65. The number of allylic oxidation sites excluding steroid dienone is 2. The number of hydrogen-bond donors (Lipinski definition) is 2. The molecule has 9 atom stereocenters. The van der Waals surface area contributed by atoms with Crippen LogP contribution in [0.1, 0.15) is 52.0 Å². The van der Waals surface area contributed by atoms with Gasteiger partial charge in [0.15, 0.2) is 5.78 Å². The van der Waals surface area contributed by atoms with Crippen molar-refractivity contribution < 1.29 is 68.0 Å². The molecule has 2 heterocycles. The van der Waals surface area contributed by atoms with Crippen LogP contribution in [0.25, 0.3) is 0 Å². The van der Waals surface area contributed by atoms with Gasteiger partial charge in [-0.1, -0.05) is 25.5 Å². The van der Waals surface area contributed by atoms with Gasteiger partial charge in [-0.15, -0.1) is 0 Å². The number of fused-ring (bicyclic) bond motifs is 4. The van der Waals surface area contributed by atoms with Crippen LogP contribution in [0, 0.1) is 28.1 Å². The van der Waals surface area contributed by atoms with Crippen molar-refractivity contribution in [2.24, 2.45) is 28.1 Å². The number of aliphatic hydroxyl groups is 1. The Morgan fingerprint density at radius 1 is 1.22 bits per heavy atom. The summed E-state index contributed by atoms with van der Waals surface area (Å²) in [4.78, 5) is 38.8. The molecule has 3 aliphatic carbocycles. The van der Waals surface area contributed by atoms with Crippen molar-refractivity contribution in [3.63, 3.8) is 0 Å². The normalized spacial score (nSPS) is 42.9. The van der Waals surface area contributed by atoms with E-state index in [1.165, 1.54) is 19.3 Å². The van der Waals surface area contributed by atoms with Crippen LogP contribution < -0.4 is 29.6 Å². The number of carbonyl (C=O) groups excluding carboxylic acids is 2. The topological polar surface area (TPSA) is 123 Å². The number of carbonyl (C=O) groups is 3. The molecule has 4 aliphatic rings. The Kier molecular flexibility index (Phi) is 6.79. The number of hydrogen-bond acceptors (Lipinski definition) is 7. The average Bonchev–Trinajstić information content (AvgIpc) is 3.51. The molecular weight excluding hydrogens is 475 g/mol. The number of aliphatic hydroxyl groups excluding tert-OH is 1. The van der Waals surface area contributed by atoms with Gasteiger partial charge in [0.1, 0.15) is 0 Å². The Balaban J connectivity index is 0.00000304. The Morgan fingerprint density at radius 2 is 1.92 bits per heavy atom. The summed E-state index contributed by atoms with van der Waals surface area (Å²) in [6.45, 7) is 7.29. The first-order valence-electron chi connectivity index (χ1n) is 12.0. The zero-order chi connectivity index (χ0) is 25.5. The van der Waals surface area contributed by atoms with E-state index in [0.717, 1.165) is 16.7 Å². The summed E-state index contributed by atoms with van der Waals surface area (Å²) in [6, 6.07) is 1.91. The quantitative estimate of drug-likeness (QED) is 0.338. The molecule has 0 radical (unpaired) electrons. The fourth-order valence-electron chi connectivity index (χ4n) is 8.22. The van der Waals surface area contributed by atoms with E-state index in [2.05, 4.69) is 0 Å². The van der Waals surface area contributed by atoms with Crippen LogP contribution in [0.4, 0.5) is 0 Å². The van der Waals surface area contributed by atoms with Crippen LogP contribution in [0.5, 0.6) is 0 Å². The maximum absolute atomic E-state index is 13.6. The van der Waals surface area contributed by atoms with Crippen molar-refractivity contribution in [2.45, 2.75) is 64.8 Å². The van der Waals surface area contributed by atoms with Gasteiger partial charge in [-0.3, -0.25) is 14.4 Å². The van der Waals surface area contributed by atoms with Crippen LogP contribution in [0.2, 0.25) is 0 Å². The van der Waals surface area contributed by atoms with Crippen molar-refractivity contribution in [2.75, 3.05) is 7.11 Å². The number of ether oxygens (including phenoxy) is 2. The van der Waals surface area contributed by atoms with Gasteiger partial charge in [-0.2, -0.15) is 0 Å². The maximum atomic E-state index is 13.6. The van der Waals surface area contributed by atoms with Crippen molar-refractivity contribution in [3.8, 4) is 0 Å². The molecule has 1 saturated heterocycles. The van der Waals surface area contributed by atoms with Crippen LogP contribution in [0.15, 0.2) is 46.3 Å². The van der Waals surface area contributed by atoms with Crippen molar-refractivity contribution in [1.29, 1.82) is 0 Å². The predicted octanol–water partition coefficient (Wildman–Crippen LogP) is 0.267. The molecule has 1 aliphatic heterocycles. The van der Waals surface area contributed by atoms with Gasteiger partial charge in [0.25, 0.3) is 0 Å². The molecule has 188 valence electrons. The van der Waals surface area contributed by atoms with E-state index in [-0.39, 0.29) is 53.8 Å². The van der Waals surface area contributed by atoms with Crippen LogP contribution in [0.3, 0.4) is 0 Å². The number of carboxylic acids is 1. The molecule has 9 unspecified atom stereocenters. The minimum atomic E-state index is -1.33. The molecule has 5 rings (SSSR count). The summed E-state index contributed by atoms with van der Waals surface area (Å²) < 4.78 is 16.9. The van der Waals surface area contributed by atoms with Gasteiger partial charge in [-0.25, -0.2) is 0 Å². The third kappa shape index (κ3) is 3.34. The van der Waals surface area contributed by atoms with E-state index in [0.29, 0.717) is 6.42 Å². The molecule has 1 saturated carbocycles. The molecule has 0 amide bonds. The van der Waals surface area contributed by atoms with E-state index in [4.69, 9.17) is 13.9 Å². The number of rotatable bonds is 4. The molecule has 9 heteroatoms. The molecule has 2 N–H and O–H groups in total. The monoisotopic (exact) mass is 507 g/mol. The minimum Gasteiger partial charge on any atom is -0.481 e. The molecule has 1 aromatic heterocycles.